The molecule has 1 unspecified atom stereocenters. The molecule has 1 amide bonds. The molecule has 0 radical (unpaired) electrons. The zero-order chi connectivity index (χ0) is 46.8. The van der Waals surface area contributed by atoms with Crippen LogP contribution in [0.2, 0.25) is 18.1 Å². The second-order valence-corrected chi connectivity index (χ2v) is 27.6. The normalized spacial score (nSPS) is 25.3. The van der Waals surface area contributed by atoms with Crippen molar-refractivity contribution in [3.8, 4) is 17.6 Å². The third-order valence-corrected chi connectivity index (χ3v) is 20.1. The van der Waals surface area contributed by atoms with E-state index in [9.17, 15) is 9.59 Å². The number of anilines is 1. The Bertz CT molecular complexity index is 1950. The highest BCUT2D eigenvalue weighted by atomic mass is 28.4. The molecule has 65 heavy (non-hydrogen) atoms. The number of rotatable bonds is 18. The minimum atomic E-state index is -1.88. The number of methoxy groups -OCH3 is 1. The Morgan fingerprint density at radius 1 is 0.892 bits per heavy atom. The number of ether oxygens (including phenoxy) is 4. The lowest BCUT2D eigenvalue weighted by Crippen LogP contribution is -2.47. The number of amides is 1. The van der Waals surface area contributed by atoms with Crippen LogP contribution in [0.15, 0.2) is 36.4 Å². The molecule has 2 aromatic rings. The molecule has 1 saturated heterocycles. The Morgan fingerprint density at radius 2 is 1.62 bits per heavy atom. The van der Waals surface area contributed by atoms with E-state index in [-0.39, 0.29) is 29.1 Å². The van der Waals surface area contributed by atoms with E-state index in [1.165, 1.54) is 109 Å². The van der Waals surface area contributed by atoms with E-state index in [0.29, 0.717) is 29.5 Å². The highest BCUT2D eigenvalue weighted by Crippen LogP contribution is 2.64. The molecule has 1 aliphatic heterocycles. The van der Waals surface area contributed by atoms with Gasteiger partial charge in [0, 0.05) is 24.3 Å². The lowest BCUT2D eigenvalue weighted by Gasteiger charge is -2.51. The maximum atomic E-state index is 12.4. The second-order valence-electron chi connectivity index (χ2n) is 22.9. The zero-order valence-corrected chi connectivity index (χ0v) is 43.1. The first-order valence-electron chi connectivity index (χ1n) is 25.6. The summed E-state index contributed by atoms with van der Waals surface area (Å²) in [5.41, 5.74) is 4.79. The van der Waals surface area contributed by atoms with E-state index in [4.69, 9.17) is 23.4 Å². The Balaban J connectivity index is 0.934. The van der Waals surface area contributed by atoms with Crippen molar-refractivity contribution in [1.82, 2.24) is 0 Å². The monoisotopic (exact) mass is 912 g/mol. The number of hydrogen-bond acceptors (Lipinski definition) is 7. The van der Waals surface area contributed by atoms with Gasteiger partial charge in [0.2, 0.25) is 8.32 Å². The van der Waals surface area contributed by atoms with Crippen molar-refractivity contribution in [2.24, 2.45) is 23.2 Å². The molecule has 0 bridgehead atoms. The van der Waals surface area contributed by atoms with Gasteiger partial charge >= 0.3 is 12.1 Å². The summed E-state index contributed by atoms with van der Waals surface area (Å²) in [5, 5.41) is 2.97. The molecule has 4 aliphatic rings. The van der Waals surface area contributed by atoms with Gasteiger partial charge in [-0.25, -0.2) is 4.79 Å². The summed E-state index contributed by atoms with van der Waals surface area (Å²) in [7, 11) is -0.512. The summed E-state index contributed by atoms with van der Waals surface area (Å²) in [6.07, 6.45) is 23.0. The van der Waals surface area contributed by atoms with Crippen molar-refractivity contribution < 1.29 is 33.0 Å². The molecular formula is C56H85NO7Si. The maximum Gasteiger partial charge on any atom is 0.412 e. The van der Waals surface area contributed by atoms with Crippen LogP contribution in [0.4, 0.5) is 10.5 Å². The fraction of sp³-hybridized carbons (Fsp3) is 0.714. The minimum Gasteiger partial charge on any atom is -0.543 e. The Hall–Kier alpha value is -3.32. The topological polar surface area (TPSA) is 92.3 Å². The Kier molecular flexibility index (Phi) is 17.8. The van der Waals surface area contributed by atoms with Crippen LogP contribution in [0.3, 0.4) is 0 Å². The van der Waals surface area contributed by atoms with Crippen LogP contribution in [-0.2, 0) is 36.6 Å². The van der Waals surface area contributed by atoms with Crippen LogP contribution in [0.1, 0.15) is 192 Å². The molecule has 0 aromatic heterocycles. The van der Waals surface area contributed by atoms with Crippen LogP contribution >= 0.6 is 0 Å². The standard InChI is InChI=1S/C56H85NO7Si/c1-54(2,3)63-53(59)57-44-35-40(34-41(36-44)37-50(58)60-8)24-20-18-16-14-12-11-13-15-17-19-21-25-43-39-49-48-29-27-42-38-45(64-65(9,10)55(4,5)6)28-30-46(42)47(48)31-32-56(49,7)52(43)62-51-26-22-23-33-61-51/h28,30,34-36,38,43,47-49,51-52H,11-19,21-23,25-27,29,31-33,37,39H2,1-10H3,(H,57,59)/t43-,47+,48+,49-,51?,52-,56-/m0/s1. The molecule has 360 valence electrons. The minimum absolute atomic E-state index is 0.0256. The number of unbranched alkanes of at least 4 members (excludes halogenated alkanes) is 9. The molecule has 3 fully saturated rings. The average Bonchev–Trinajstić information content (AvgIpc) is 3.51. The van der Waals surface area contributed by atoms with Gasteiger partial charge in [0.05, 0.1) is 19.6 Å². The summed E-state index contributed by atoms with van der Waals surface area (Å²) >= 11 is 0. The van der Waals surface area contributed by atoms with Gasteiger partial charge in [0.25, 0.3) is 0 Å². The molecule has 7 atom stereocenters. The third-order valence-electron chi connectivity index (χ3n) is 15.7. The van der Waals surface area contributed by atoms with Gasteiger partial charge < -0.3 is 23.4 Å². The molecule has 1 N–H and O–H groups in total. The number of esters is 1. The quantitative estimate of drug-likeness (QED) is 0.0689. The lowest BCUT2D eigenvalue weighted by molar-refractivity contribution is -0.221. The Morgan fingerprint density at radius 3 is 2.29 bits per heavy atom. The van der Waals surface area contributed by atoms with E-state index >= 15 is 0 Å². The largest absolute Gasteiger partial charge is 0.543 e. The van der Waals surface area contributed by atoms with E-state index in [0.717, 1.165) is 55.1 Å². The number of nitrogens with one attached hydrogen (secondary N) is 1. The van der Waals surface area contributed by atoms with Gasteiger partial charge in [0.1, 0.15) is 11.4 Å². The summed E-state index contributed by atoms with van der Waals surface area (Å²) in [4.78, 5) is 24.4. The maximum absolute atomic E-state index is 12.4. The molecule has 9 heteroatoms. The van der Waals surface area contributed by atoms with Crippen molar-refractivity contribution in [3.63, 3.8) is 0 Å². The predicted molar refractivity (Wildman–Crippen MR) is 266 cm³/mol. The van der Waals surface area contributed by atoms with Crippen molar-refractivity contribution >= 4 is 26.1 Å². The number of carbonyl (C=O) groups excluding carboxylic acids is 2. The Labute approximate surface area is 394 Å². The lowest BCUT2D eigenvalue weighted by atomic mass is 9.55. The number of aryl methyl sites for hydroxylation is 1. The van der Waals surface area contributed by atoms with Crippen LogP contribution in [-0.4, -0.2) is 52.1 Å². The average molecular weight is 912 g/mol. The van der Waals surface area contributed by atoms with Crippen molar-refractivity contribution in [2.45, 2.75) is 219 Å². The predicted octanol–water partition coefficient (Wildman–Crippen LogP) is 14.5. The van der Waals surface area contributed by atoms with Crippen molar-refractivity contribution in [3.05, 3.63) is 58.7 Å². The van der Waals surface area contributed by atoms with E-state index in [2.05, 4.69) is 76.1 Å². The van der Waals surface area contributed by atoms with Gasteiger partial charge in [-0.1, -0.05) is 97.0 Å². The van der Waals surface area contributed by atoms with Gasteiger partial charge in [-0.15, -0.1) is 0 Å². The summed E-state index contributed by atoms with van der Waals surface area (Å²) in [5.74, 6) is 10.0. The molecule has 8 nitrogen and oxygen atoms in total. The SMILES string of the molecule is COC(=O)Cc1cc(C#CCCCCCCCCCCC[C@H]2C[C@H]3[C@@H]4CCc5cc(O[Si](C)(C)C(C)(C)C)ccc5[C@H]4CC[C@]3(C)[C@H]2OC2CCCCO2)cc(NC(=O)OC(C)(C)C)c1. The summed E-state index contributed by atoms with van der Waals surface area (Å²) in [6.45, 7) is 20.6. The zero-order valence-electron chi connectivity index (χ0n) is 42.1. The van der Waals surface area contributed by atoms with Gasteiger partial charge in [-0.3, -0.25) is 10.1 Å². The van der Waals surface area contributed by atoms with Gasteiger partial charge in [-0.05, 0) is 179 Å². The molecule has 6 rings (SSSR count). The number of hydrogen-bond donors (Lipinski definition) is 1. The van der Waals surface area contributed by atoms with Crippen LogP contribution in [0.5, 0.6) is 5.75 Å². The van der Waals surface area contributed by atoms with Crippen LogP contribution < -0.4 is 9.74 Å². The smallest absolute Gasteiger partial charge is 0.412 e. The third kappa shape index (κ3) is 14.1. The highest BCUT2D eigenvalue weighted by molar-refractivity contribution is 6.74. The van der Waals surface area contributed by atoms with Crippen molar-refractivity contribution in [2.75, 3.05) is 19.0 Å². The molecule has 2 saturated carbocycles. The van der Waals surface area contributed by atoms with E-state index < -0.39 is 20.0 Å². The van der Waals surface area contributed by atoms with E-state index in [1.54, 1.807) is 11.6 Å². The van der Waals surface area contributed by atoms with Crippen LogP contribution in [0, 0.1) is 35.0 Å². The van der Waals surface area contributed by atoms with E-state index in [1.807, 2.05) is 32.9 Å². The summed E-state index contributed by atoms with van der Waals surface area (Å²) in [6, 6.07) is 12.6. The molecule has 0 spiro atoms. The molecule has 2 aromatic carbocycles. The molecule has 3 aliphatic carbocycles. The molecular weight excluding hydrogens is 827 g/mol. The van der Waals surface area contributed by atoms with Crippen LogP contribution in [0.25, 0.3) is 0 Å². The highest BCUT2D eigenvalue weighted by Gasteiger charge is 2.59. The fourth-order valence-electron chi connectivity index (χ4n) is 11.3. The molecule has 1 heterocycles. The summed E-state index contributed by atoms with van der Waals surface area (Å²) < 4.78 is 30.4. The first kappa shape index (κ1) is 51.1. The van der Waals surface area contributed by atoms with Crippen molar-refractivity contribution in [1.29, 1.82) is 0 Å². The fourth-order valence-corrected chi connectivity index (χ4v) is 12.4. The first-order chi connectivity index (χ1) is 30.8. The second kappa shape index (κ2) is 22.6. The first-order valence-corrected chi connectivity index (χ1v) is 28.5. The van der Waals surface area contributed by atoms with Gasteiger partial charge in [-0.2, -0.15) is 0 Å². The number of carbonyl (C=O) groups is 2. The number of fused-ring (bicyclic) bond motifs is 5. The van der Waals surface area contributed by atoms with Gasteiger partial charge in [0.15, 0.2) is 6.29 Å². The number of benzene rings is 2.